The first kappa shape index (κ1) is 15.3. The third-order valence-electron chi connectivity index (χ3n) is 2.94. The fourth-order valence-electron chi connectivity index (χ4n) is 1.99. The van der Waals surface area contributed by atoms with Gasteiger partial charge >= 0.3 is 0 Å². The Kier molecular flexibility index (Phi) is 4.75. The highest BCUT2D eigenvalue weighted by atomic mass is 19.1. The molecule has 0 spiro atoms. The van der Waals surface area contributed by atoms with E-state index >= 15 is 0 Å². The minimum atomic E-state index is -0.746. The molecule has 112 valence electrons. The fraction of sp³-hybridized carbons (Fsp3) is 0.250. The maximum Gasteiger partial charge on any atom is 0.191 e. The molecule has 3 N–H and O–H groups in total. The Hall–Kier alpha value is -2.14. The zero-order valence-corrected chi connectivity index (χ0v) is 11.6. The van der Waals surface area contributed by atoms with E-state index in [4.69, 9.17) is 15.6 Å². The molecule has 1 unspecified atom stereocenters. The van der Waals surface area contributed by atoms with E-state index in [0.29, 0.717) is 17.5 Å². The number of rotatable bonds is 5. The lowest BCUT2D eigenvalue weighted by Gasteiger charge is -2.11. The van der Waals surface area contributed by atoms with Gasteiger partial charge in [0.25, 0.3) is 0 Å². The van der Waals surface area contributed by atoms with E-state index in [1.165, 1.54) is 24.3 Å². The Balaban J connectivity index is 2.11. The summed E-state index contributed by atoms with van der Waals surface area (Å²) in [5.41, 5.74) is 6.81. The molecule has 0 radical (unpaired) electrons. The Morgan fingerprint density at radius 1 is 1.10 bits per heavy atom. The van der Waals surface area contributed by atoms with Gasteiger partial charge in [-0.15, -0.1) is 0 Å². The molecule has 0 amide bonds. The first-order valence-corrected chi connectivity index (χ1v) is 6.60. The molecule has 21 heavy (non-hydrogen) atoms. The highest BCUT2D eigenvalue weighted by molar-refractivity contribution is 5.32. The monoisotopic (exact) mass is 293 g/mol. The van der Waals surface area contributed by atoms with Crippen molar-refractivity contribution in [3.8, 4) is 11.5 Å². The van der Waals surface area contributed by atoms with Crippen LogP contribution in [-0.4, -0.2) is 11.1 Å². The molecular weight excluding hydrogens is 276 g/mol. The molecule has 1 atom stereocenters. The number of benzene rings is 2. The van der Waals surface area contributed by atoms with Crippen LogP contribution in [0.3, 0.4) is 0 Å². The molecule has 3 nitrogen and oxygen atoms in total. The van der Waals surface area contributed by atoms with Crippen molar-refractivity contribution in [1.82, 2.24) is 0 Å². The minimum Gasteiger partial charge on any atom is -0.508 e. The van der Waals surface area contributed by atoms with Crippen LogP contribution in [0.5, 0.6) is 11.5 Å². The topological polar surface area (TPSA) is 55.5 Å². The molecule has 2 rings (SSSR count). The van der Waals surface area contributed by atoms with Gasteiger partial charge in [0.1, 0.15) is 12.4 Å². The second kappa shape index (κ2) is 6.54. The highest BCUT2D eigenvalue weighted by Crippen LogP contribution is 2.25. The number of nitrogens with two attached hydrogens (primary N) is 1. The average molecular weight is 293 g/mol. The molecule has 0 saturated carbocycles. The molecule has 0 fully saturated rings. The maximum absolute atomic E-state index is 13.9. The maximum atomic E-state index is 13.9. The second-order valence-electron chi connectivity index (χ2n) is 5.03. The number of ether oxygens (including phenoxy) is 1. The van der Waals surface area contributed by atoms with Crippen LogP contribution in [0.4, 0.5) is 8.78 Å². The predicted octanol–water partition coefficient (Wildman–Crippen LogP) is 3.14. The van der Waals surface area contributed by atoms with E-state index < -0.39 is 17.4 Å². The summed E-state index contributed by atoms with van der Waals surface area (Å²) >= 11 is 0. The lowest BCUT2D eigenvalue weighted by Crippen LogP contribution is -2.18. The van der Waals surface area contributed by atoms with Crippen LogP contribution < -0.4 is 10.5 Å². The SMILES string of the molecule is CC(N)Cc1cc(F)c(OCc2ccc(O)cc2)c(F)c1. The fourth-order valence-corrected chi connectivity index (χ4v) is 1.99. The van der Waals surface area contributed by atoms with Crippen molar-refractivity contribution in [2.24, 2.45) is 5.73 Å². The van der Waals surface area contributed by atoms with Gasteiger partial charge < -0.3 is 15.6 Å². The van der Waals surface area contributed by atoms with Gasteiger partial charge in [0.2, 0.25) is 0 Å². The summed E-state index contributed by atoms with van der Waals surface area (Å²) in [6.45, 7) is 1.78. The quantitative estimate of drug-likeness (QED) is 0.890. The molecule has 0 heterocycles. The normalized spacial score (nSPS) is 12.2. The number of phenols is 1. The summed E-state index contributed by atoms with van der Waals surface area (Å²) in [6, 6.07) is 8.50. The van der Waals surface area contributed by atoms with E-state index in [1.807, 2.05) is 0 Å². The highest BCUT2D eigenvalue weighted by Gasteiger charge is 2.13. The minimum absolute atomic E-state index is 0.0146. The largest absolute Gasteiger partial charge is 0.508 e. The summed E-state index contributed by atoms with van der Waals surface area (Å²) in [7, 11) is 0. The van der Waals surface area contributed by atoms with Crippen molar-refractivity contribution < 1.29 is 18.6 Å². The van der Waals surface area contributed by atoms with E-state index in [0.717, 1.165) is 0 Å². The van der Waals surface area contributed by atoms with Gasteiger partial charge in [-0.05, 0) is 48.7 Å². The van der Waals surface area contributed by atoms with Crippen molar-refractivity contribution in [1.29, 1.82) is 0 Å². The Bertz CT molecular complexity index is 589. The van der Waals surface area contributed by atoms with Crippen LogP contribution in [0.15, 0.2) is 36.4 Å². The van der Waals surface area contributed by atoms with E-state index in [1.54, 1.807) is 19.1 Å². The van der Waals surface area contributed by atoms with Gasteiger partial charge in [0.15, 0.2) is 17.4 Å². The third kappa shape index (κ3) is 4.16. The number of phenolic OH excluding ortho intramolecular Hbond substituents is 1. The Labute approximate surface area is 122 Å². The number of aromatic hydroxyl groups is 1. The van der Waals surface area contributed by atoms with Gasteiger partial charge in [0, 0.05) is 6.04 Å². The van der Waals surface area contributed by atoms with E-state index in [9.17, 15) is 8.78 Å². The molecule has 0 aliphatic carbocycles. The van der Waals surface area contributed by atoms with E-state index in [2.05, 4.69) is 0 Å². The Morgan fingerprint density at radius 2 is 1.67 bits per heavy atom. The van der Waals surface area contributed by atoms with Crippen molar-refractivity contribution in [2.45, 2.75) is 26.0 Å². The molecule has 0 saturated heterocycles. The van der Waals surface area contributed by atoms with Crippen LogP contribution in [0.1, 0.15) is 18.1 Å². The lowest BCUT2D eigenvalue weighted by atomic mass is 10.1. The summed E-state index contributed by atoms with van der Waals surface area (Å²) in [5, 5.41) is 9.16. The van der Waals surface area contributed by atoms with Gasteiger partial charge in [-0.1, -0.05) is 12.1 Å². The van der Waals surface area contributed by atoms with Crippen LogP contribution in [0.25, 0.3) is 0 Å². The first-order valence-electron chi connectivity index (χ1n) is 6.60. The molecule has 0 bridgehead atoms. The summed E-state index contributed by atoms with van der Waals surface area (Å²) in [4.78, 5) is 0. The third-order valence-corrected chi connectivity index (χ3v) is 2.94. The number of hydrogen-bond acceptors (Lipinski definition) is 3. The Morgan fingerprint density at radius 3 is 2.19 bits per heavy atom. The zero-order chi connectivity index (χ0) is 15.4. The van der Waals surface area contributed by atoms with Crippen LogP contribution in [0.2, 0.25) is 0 Å². The van der Waals surface area contributed by atoms with Crippen molar-refractivity contribution in [3.63, 3.8) is 0 Å². The smallest absolute Gasteiger partial charge is 0.191 e. The summed E-state index contributed by atoms with van der Waals surface area (Å²) < 4.78 is 33.0. The standard InChI is InChI=1S/C16H17F2NO2/c1-10(19)6-12-7-14(17)16(15(18)8-12)21-9-11-2-4-13(20)5-3-11/h2-5,7-8,10,20H,6,9,19H2,1H3. The van der Waals surface area contributed by atoms with Crippen LogP contribution in [0, 0.1) is 11.6 Å². The second-order valence-corrected chi connectivity index (χ2v) is 5.03. The van der Waals surface area contributed by atoms with Gasteiger partial charge in [-0.3, -0.25) is 0 Å². The average Bonchev–Trinajstić information content (AvgIpc) is 2.39. The number of hydrogen-bond donors (Lipinski definition) is 2. The molecule has 0 aliphatic rings. The molecule has 5 heteroatoms. The van der Waals surface area contributed by atoms with Gasteiger partial charge in [0.05, 0.1) is 0 Å². The predicted molar refractivity (Wildman–Crippen MR) is 76.2 cm³/mol. The molecule has 2 aromatic rings. The van der Waals surface area contributed by atoms with E-state index in [-0.39, 0.29) is 18.4 Å². The zero-order valence-electron chi connectivity index (χ0n) is 11.6. The summed E-state index contributed by atoms with van der Waals surface area (Å²) in [5.74, 6) is -1.78. The lowest BCUT2D eigenvalue weighted by molar-refractivity contribution is 0.273. The molecule has 0 aromatic heterocycles. The van der Waals surface area contributed by atoms with Crippen LogP contribution in [-0.2, 0) is 13.0 Å². The summed E-state index contributed by atoms with van der Waals surface area (Å²) in [6.07, 6.45) is 0.395. The van der Waals surface area contributed by atoms with Crippen molar-refractivity contribution in [3.05, 3.63) is 59.2 Å². The van der Waals surface area contributed by atoms with Crippen molar-refractivity contribution >= 4 is 0 Å². The van der Waals surface area contributed by atoms with Gasteiger partial charge in [-0.25, -0.2) is 8.78 Å². The van der Waals surface area contributed by atoms with Crippen molar-refractivity contribution in [2.75, 3.05) is 0 Å². The van der Waals surface area contributed by atoms with Crippen LogP contribution >= 0.6 is 0 Å². The molecular formula is C16H17F2NO2. The van der Waals surface area contributed by atoms with Gasteiger partial charge in [-0.2, -0.15) is 0 Å². The number of halogens is 2. The first-order chi connectivity index (χ1) is 9.95. The molecule has 0 aliphatic heterocycles. The molecule has 2 aromatic carbocycles.